The molecule has 0 aliphatic carbocycles. The van der Waals surface area contributed by atoms with Crippen molar-refractivity contribution in [2.24, 2.45) is 0 Å². The summed E-state index contributed by atoms with van der Waals surface area (Å²) in [4.78, 5) is 13.5. The molecule has 0 aliphatic heterocycles. The molecule has 142 valence electrons. The largest absolute Gasteiger partial charge is 0.423 e. The molecule has 0 atom stereocenters. The molecular weight excluding hydrogens is 364 g/mol. The van der Waals surface area contributed by atoms with E-state index in [1.54, 1.807) is 6.07 Å². The van der Waals surface area contributed by atoms with E-state index in [1.165, 1.54) is 28.6 Å². The van der Waals surface area contributed by atoms with E-state index in [0.29, 0.717) is 17.5 Å². The molecule has 2 aromatic carbocycles. The van der Waals surface area contributed by atoms with Gasteiger partial charge in [0, 0.05) is 44.3 Å². The second-order valence-electron chi connectivity index (χ2n) is 6.45. The minimum absolute atomic E-state index is 0.176. The fraction of sp³-hybridized carbons (Fsp3) is 0.250. The summed E-state index contributed by atoms with van der Waals surface area (Å²) in [6, 6.07) is 15.2. The Labute approximate surface area is 158 Å². The summed E-state index contributed by atoms with van der Waals surface area (Å²) in [5.74, 6) is 0. The lowest BCUT2D eigenvalue weighted by molar-refractivity contribution is 0.423. The van der Waals surface area contributed by atoms with Crippen molar-refractivity contribution in [3.8, 4) is 0 Å². The van der Waals surface area contributed by atoms with E-state index in [1.807, 2.05) is 50.2 Å². The smallest absolute Gasteiger partial charge is 0.336 e. The Balaban J connectivity index is 1.91. The van der Waals surface area contributed by atoms with Gasteiger partial charge < -0.3 is 9.32 Å². The summed E-state index contributed by atoms with van der Waals surface area (Å²) in [6.45, 7) is 2.44. The number of anilines is 1. The SMILES string of the molecule is CCN(Cc1ccc(N(C)C)cc1)S(=O)(=O)c1ccc2oc(=O)ccc2c1. The Kier molecular flexibility index (Phi) is 5.34. The Bertz CT molecular complexity index is 1100. The number of fused-ring (bicyclic) bond motifs is 1. The van der Waals surface area contributed by atoms with Gasteiger partial charge in [-0.25, -0.2) is 13.2 Å². The van der Waals surface area contributed by atoms with E-state index >= 15 is 0 Å². The topological polar surface area (TPSA) is 70.8 Å². The number of nitrogens with zero attached hydrogens (tertiary/aromatic N) is 2. The Morgan fingerprint density at radius 1 is 0.963 bits per heavy atom. The molecule has 0 saturated carbocycles. The van der Waals surface area contributed by atoms with Crippen LogP contribution in [0.3, 0.4) is 0 Å². The zero-order valence-electron chi connectivity index (χ0n) is 15.5. The van der Waals surface area contributed by atoms with E-state index in [0.717, 1.165) is 11.3 Å². The summed E-state index contributed by atoms with van der Waals surface area (Å²) in [6.07, 6.45) is 0. The van der Waals surface area contributed by atoms with Crippen molar-refractivity contribution in [3.63, 3.8) is 0 Å². The molecule has 0 aliphatic rings. The van der Waals surface area contributed by atoms with E-state index in [9.17, 15) is 13.2 Å². The van der Waals surface area contributed by atoms with Crippen LogP contribution in [0, 0.1) is 0 Å². The third-order valence-electron chi connectivity index (χ3n) is 4.39. The molecule has 0 saturated heterocycles. The van der Waals surface area contributed by atoms with Crippen LogP contribution in [0.4, 0.5) is 5.69 Å². The first kappa shape index (κ1) is 19.1. The van der Waals surface area contributed by atoms with E-state index in [2.05, 4.69) is 0 Å². The summed E-state index contributed by atoms with van der Waals surface area (Å²) < 4.78 is 32.7. The standard InChI is InChI=1S/C20H22N2O4S/c1-4-22(14-15-5-8-17(9-6-15)21(2)3)27(24,25)18-10-11-19-16(13-18)7-12-20(23)26-19/h5-13H,4,14H2,1-3H3. The predicted octanol–water partition coefficient (Wildman–Crippen LogP) is 3.07. The van der Waals surface area contributed by atoms with Crippen LogP contribution in [-0.4, -0.2) is 33.4 Å². The van der Waals surface area contributed by atoms with Crippen LogP contribution in [0.2, 0.25) is 0 Å². The van der Waals surface area contributed by atoms with Crippen molar-refractivity contribution in [1.82, 2.24) is 4.31 Å². The van der Waals surface area contributed by atoms with Crippen molar-refractivity contribution in [2.45, 2.75) is 18.4 Å². The third kappa shape index (κ3) is 4.04. The fourth-order valence-corrected chi connectivity index (χ4v) is 4.30. The van der Waals surface area contributed by atoms with E-state index in [-0.39, 0.29) is 11.4 Å². The summed E-state index contributed by atoms with van der Waals surface area (Å²) in [5.41, 5.74) is 1.87. The number of hydrogen-bond donors (Lipinski definition) is 0. The Morgan fingerprint density at radius 3 is 2.30 bits per heavy atom. The van der Waals surface area contributed by atoms with Crippen LogP contribution in [0.25, 0.3) is 11.0 Å². The quantitative estimate of drug-likeness (QED) is 0.609. The predicted molar refractivity (Wildman–Crippen MR) is 107 cm³/mol. The molecule has 0 N–H and O–H groups in total. The molecule has 3 rings (SSSR count). The van der Waals surface area contributed by atoms with Gasteiger partial charge in [-0.3, -0.25) is 0 Å². The van der Waals surface area contributed by atoms with Gasteiger partial charge in [0.15, 0.2) is 0 Å². The van der Waals surface area contributed by atoms with Crippen molar-refractivity contribution in [2.75, 3.05) is 25.5 Å². The highest BCUT2D eigenvalue weighted by Crippen LogP contribution is 2.23. The van der Waals surface area contributed by atoms with Crippen LogP contribution < -0.4 is 10.5 Å². The van der Waals surface area contributed by atoms with Crippen molar-refractivity contribution < 1.29 is 12.8 Å². The van der Waals surface area contributed by atoms with Gasteiger partial charge in [0.2, 0.25) is 10.0 Å². The molecule has 1 heterocycles. The highest BCUT2D eigenvalue weighted by atomic mass is 32.2. The maximum atomic E-state index is 13.1. The van der Waals surface area contributed by atoms with Crippen molar-refractivity contribution in [1.29, 1.82) is 0 Å². The average Bonchev–Trinajstić information content (AvgIpc) is 2.65. The van der Waals surface area contributed by atoms with Gasteiger partial charge in [-0.2, -0.15) is 4.31 Å². The van der Waals surface area contributed by atoms with Gasteiger partial charge >= 0.3 is 5.63 Å². The lowest BCUT2D eigenvalue weighted by Gasteiger charge is -2.21. The van der Waals surface area contributed by atoms with Gasteiger partial charge in [0.05, 0.1) is 4.90 Å². The number of hydrogen-bond acceptors (Lipinski definition) is 5. The maximum absolute atomic E-state index is 13.1. The number of benzene rings is 2. The lowest BCUT2D eigenvalue weighted by atomic mass is 10.2. The van der Waals surface area contributed by atoms with Crippen LogP contribution in [-0.2, 0) is 16.6 Å². The van der Waals surface area contributed by atoms with Crippen LogP contribution >= 0.6 is 0 Å². The first-order valence-corrected chi connectivity index (χ1v) is 10.1. The maximum Gasteiger partial charge on any atom is 0.336 e. The molecule has 0 amide bonds. The monoisotopic (exact) mass is 386 g/mol. The molecule has 1 aromatic heterocycles. The highest BCUT2D eigenvalue weighted by Gasteiger charge is 2.23. The first-order chi connectivity index (χ1) is 12.8. The van der Waals surface area contributed by atoms with E-state index < -0.39 is 15.6 Å². The van der Waals surface area contributed by atoms with Crippen LogP contribution in [0.15, 0.2) is 68.7 Å². The summed E-state index contributed by atoms with van der Waals surface area (Å²) in [7, 11) is 0.242. The molecular formula is C20H22N2O4S. The van der Waals surface area contributed by atoms with Crippen LogP contribution in [0.5, 0.6) is 0 Å². The molecule has 0 fully saturated rings. The molecule has 0 unspecified atom stereocenters. The Hall–Kier alpha value is -2.64. The normalized spacial score (nSPS) is 11.9. The van der Waals surface area contributed by atoms with E-state index in [4.69, 9.17) is 4.42 Å². The second-order valence-corrected chi connectivity index (χ2v) is 8.38. The molecule has 7 heteroatoms. The Morgan fingerprint density at radius 2 is 1.67 bits per heavy atom. The van der Waals surface area contributed by atoms with Gasteiger partial charge in [0.25, 0.3) is 0 Å². The number of rotatable bonds is 6. The second kappa shape index (κ2) is 7.54. The van der Waals surface area contributed by atoms with Gasteiger partial charge in [-0.05, 0) is 42.0 Å². The molecule has 3 aromatic rings. The van der Waals surface area contributed by atoms with Crippen molar-refractivity contribution >= 4 is 26.7 Å². The molecule has 6 nitrogen and oxygen atoms in total. The molecule has 0 bridgehead atoms. The average molecular weight is 386 g/mol. The lowest BCUT2D eigenvalue weighted by Crippen LogP contribution is -2.30. The highest BCUT2D eigenvalue weighted by molar-refractivity contribution is 7.89. The molecule has 27 heavy (non-hydrogen) atoms. The molecule has 0 radical (unpaired) electrons. The minimum Gasteiger partial charge on any atom is -0.423 e. The van der Waals surface area contributed by atoms with Gasteiger partial charge in [-0.15, -0.1) is 0 Å². The first-order valence-electron chi connectivity index (χ1n) is 8.61. The number of sulfonamides is 1. The summed E-state index contributed by atoms with van der Waals surface area (Å²) >= 11 is 0. The minimum atomic E-state index is -3.67. The molecule has 0 spiro atoms. The third-order valence-corrected chi connectivity index (χ3v) is 6.31. The van der Waals surface area contributed by atoms with Gasteiger partial charge in [-0.1, -0.05) is 19.1 Å². The zero-order valence-corrected chi connectivity index (χ0v) is 16.4. The van der Waals surface area contributed by atoms with Crippen LogP contribution in [0.1, 0.15) is 12.5 Å². The zero-order chi connectivity index (χ0) is 19.6. The summed E-state index contributed by atoms with van der Waals surface area (Å²) in [5, 5.41) is 0.571. The van der Waals surface area contributed by atoms with Crippen molar-refractivity contribution in [3.05, 3.63) is 70.6 Å². The van der Waals surface area contributed by atoms with Gasteiger partial charge in [0.1, 0.15) is 5.58 Å². The fourth-order valence-electron chi connectivity index (χ4n) is 2.83.